The molecule has 22 heavy (non-hydrogen) atoms. The summed E-state index contributed by atoms with van der Waals surface area (Å²) in [5.74, 6) is -0.120. The number of benzene rings is 2. The van der Waals surface area contributed by atoms with E-state index in [1.807, 2.05) is 6.07 Å². The Balaban J connectivity index is 1.87. The lowest BCUT2D eigenvalue weighted by atomic mass is 9.94. The van der Waals surface area contributed by atoms with Crippen molar-refractivity contribution in [3.63, 3.8) is 0 Å². The number of hydrogen-bond donors (Lipinski definition) is 0. The number of halogens is 1. The predicted octanol–water partition coefficient (Wildman–Crippen LogP) is 4.16. The van der Waals surface area contributed by atoms with Gasteiger partial charge in [-0.1, -0.05) is 18.2 Å². The van der Waals surface area contributed by atoms with Crippen LogP contribution in [0.2, 0.25) is 0 Å². The molecule has 0 spiro atoms. The summed E-state index contributed by atoms with van der Waals surface area (Å²) in [7, 11) is 0. The molecule has 1 unspecified atom stereocenters. The van der Waals surface area contributed by atoms with E-state index in [1.54, 1.807) is 30.3 Å². The van der Waals surface area contributed by atoms with Crippen molar-refractivity contribution in [1.82, 2.24) is 0 Å². The first-order chi connectivity index (χ1) is 10.7. The van der Waals surface area contributed by atoms with E-state index in [9.17, 15) is 9.65 Å². The summed E-state index contributed by atoms with van der Waals surface area (Å²) >= 11 is 0. The van der Waals surface area contributed by atoms with Crippen LogP contribution in [0.1, 0.15) is 29.9 Å². The Kier molecular flexibility index (Phi) is 5.51. The Bertz CT molecular complexity index is 716. The molecule has 2 aromatic rings. The molecule has 0 heterocycles. The van der Waals surface area contributed by atoms with Gasteiger partial charge in [-0.25, -0.2) is 4.39 Å². The number of ether oxygens (including phenoxy) is 1. The second kappa shape index (κ2) is 7.81. The maximum absolute atomic E-state index is 13.0. The highest BCUT2D eigenvalue weighted by molar-refractivity contribution is 5.36. The van der Waals surface area contributed by atoms with Gasteiger partial charge in [0.05, 0.1) is 30.2 Å². The first-order valence-electron chi connectivity index (χ1n) is 7.01. The first-order valence-corrected chi connectivity index (χ1v) is 7.01. The van der Waals surface area contributed by atoms with Crippen LogP contribution in [0, 0.1) is 28.5 Å². The molecule has 0 aliphatic rings. The Hall–Kier alpha value is -2.85. The van der Waals surface area contributed by atoms with Crippen LogP contribution in [0.4, 0.5) is 4.39 Å². The number of nitriles is 2. The fourth-order valence-electron chi connectivity index (χ4n) is 2.16. The van der Waals surface area contributed by atoms with Gasteiger partial charge in [0.2, 0.25) is 0 Å². The van der Waals surface area contributed by atoms with Crippen molar-refractivity contribution in [2.75, 3.05) is 6.61 Å². The third kappa shape index (κ3) is 4.33. The summed E-state index contributed by atoms with van der Waals surface area (Å²) in [6.45, 7) is 0.416. The topological polar surface area (TPSA) is 56.8 Å². The molecular weight excluding hydrogens is 279 g/mol. The maximum Gasteiger partial charge on any atom is 0.126 e. The summed E-state index contributed by atoms with van der Waals surface area (Å²) in [4.78, 5) is 0. The monoisotopic (exact) mass is 294 g/mol. The van der Waals surface area contributed by atoms with Crippen molar-refractivity contribution >= 4 is 0 Å². The molecule has 4 heteroatoms. The van der Waals surface area contributed by atoms with E-state index >= 15 is 0 Å². The van der Waals surface area contributed by atoms with E-state index in [0.717, 1.165) is 5.56 Å². The van der Waals surface area contributed by atoms with Crippen LogP contribution < -0.4 is 4.74 Å². The zero-order valence-electron chi connectivity index (χ0n) is 12.0. The molecule has 0 aromatic heterocycles. The Morgan fingerprint density at radius 1 is 1.09 bits per heavy atom. The summed E-state index contributed by atoms with van der Waals surface area (Å²) in [6.07, 6.45) is 1.30. The van der Waals surface area contributed by atoms with Crippen molar-refractivity contribution in [3.8, 4) is 17.9 Å². The van der Waals surface area contributed by atoms with Gasteiger partial charge in [0.25, 0.3) is 0 Å². The standard InChI is InChI=1S/C18H15FN2O/c19-17-7-2-8-18(11-17)22-9-3-6-16(13-21)15-5-1-4-14(10-15)12-20/h1-2,4-5,7-8,10-11,16H,3,6,9H2. The van der Waals surface area contributed by atoms with E-state index in [-0.39, 0.29) is 11.7 Å². The molecule has 1 atom stereocenters. The second-order valence-corrected chi connectivity index (χ2v) is 4.87. The zero-order valence-corrected chi connectivity index (χ0v) is 12.0. The Morgan fingerprint density at radius 3 is 2.64 bits per heavy atom. The van der Waals surface area contributed by atoms with Gasteiger partial charge in [-0.15, -0.1) is 0 Å². The van der Waals surface area contributed by atoms with Crippen molar-refractivity contribution < 1.29 is 9.13 Å². The molecule has 0 N–H and O–H groups in total. The lowest BCUT2D eigenvalue weighted by molar-refractivity contribution is 0.303. The van der Waals surface area contributed by atoms with Crippen LogP contribution in [0.15, 0.2) is 48.5 Å². The average Bonchev–Trinajstić information content (AvgIpc) is 2.55. The lowest BCUT2D eigenvalue weighted by Crippen LogP contribution is -2.02. The number of hydrogen-bond acceptors (Lipinski definition) is 3. The van der Waals surface area contributed by atoms with Gasteiger partial charge in [-0.2, -0.15) is 10.5 Å². The molecule has 0 bridgehead atoms. The minimum absolute atomic E-state index is 0.274. The molecular formula is C18H15FN2O. The van der Waals surface area contributed by atoms with Gasteiger partial charge >= 0.3 is 0 Å². The van der Waals surface area contributed by atoms with Crippen LogP contribution in [0.3, 0.4) is 0 Å². The van der Waals surface area contributed by atoms with Gasteiger partial charge in [0.15, 0.2) is 0 Å². The van der Waals surface area contributed by atoms with E-state index in [0.29, 0.717) is 30.8 Å². The molecule has 0 aliphatic heterocycles. The van der Waals surface area contributed by atoms with Crippen LogP contribution in [0.25, 0.3) is 0 Å². The Labute approximate surface area is 129 Å². The largest absolute Gasteiger partial charge is 0.493 e. The summed E-state index contributed by atoms with van der Waals surface area (Å²) in [5, 5.41) is 18.2. The molecule has 3 nitrogen and oxygen atoms in total. The van der Waals surface area contributed by atoms with Crippen molar-refractivity contribution in [3.05, 3.63) is 65.5 Å². The molecule has 2 aromatic carbocycles. The van der Waals surface area contributed by atoms with E-state index in [4.69, 9.17) is 10.00 Å². The normalized spacial score (nSPS) is 11.2. The van der Waals surface area contributed by atoms with Crippen molar-refractivity contribution in [2.24, 2.45) is 0 Å². The molecule has 0 saturated carbocycles. The molecule has 110 valence electrons. The molecule has 0 amide bonds. The predicted molar refractivity (Wildman–Crippen MR) is 80.6 cm³/mol. The maximum atomic E-state index is 13.0. The van der Waals surface area contributed by atoms with Crippen molar-refractivity contribution in [2.45, 2.75) is 18.8 Å². The fourth-order valence-corrected chi connectivity index (χ4v) is 2.16. The molecule has 2 rings (SSSR count). The number of nitrogens with zero attached hydrogens (tertiary/aromatic N) is 2. The summed E-state index contributed by atoms with van der Waals surface area (Å²) < 4.78 is 18.5. The summed E-state index contributed by atoms with van der Waals surface area (Å²) in [6, 6.07) is 17.4. The average molecular weight is 294 g/mol. The third-order valence-electron chi connectivity index (χ3n) is 3.28. The smallest absolute Gasteiger partial charge is 0.126 e. The third-order valence-corrected chi connectivity index (χ3v) is 3.28. The van der Waals surface area contributed by atoms with E-state index in [2.05, 4.69) is 12.1 Å². The molecule has 0 aliphatic carbocycles. The van der Waals surface area contributed by atoms with Crippen LogP contribution in [-0.4, -0.2) is 6.61 Å². The van der Waals surface area contributed by atoms with Gasteiger partial charge in [0, 0.05) is 6.07 Å². The van der Waals surface area contributed by atoms with Crippen LogP contribution in [0.5, 0.6) is 5.75 Å². The highest BCUT2D eigenvalue weighted by Crippen LogP contribution is 2.22. The molecule has 0 saturated heterocycles. The zero-order chi connectivity index (χ0) is 15.8. The highest BCUT2D eigenvalue weighted by Gasteiger charge is 2.11. The van der Waals surface area contributed by atoms with Crippen LogP contribution in [-0.2, 0) is 0 Å². The summed E-state index contributed by atoms with van der Waals surface area (Å²) in [5.41, 5.74) is 1.39. The lowest BCUT2D eigenvalue weighted by Gasteiger charge is -2.10. The van der Waals surface area contributed by atoms with Crippen molar-refractivity contribution in [1.29, 1.82) is 10.5 Å². The SMILES string of the molecule is N#Cc1cccc(C(C#N)CCCOc2cccc(F)c2)c1. The molecule has 0 fully saturated rings. The quantitative estimate of drug-likeness (QED) is 0.751. The molecule has 0 radical (unpaired) electrons. The number of rotatable bonds is 6. The van der Waals surface area contributed by atoms with Gasteiger partial charge in [0.1, 0.15) is 11.6 Å². The Morgan fingerprint density at radius 2 is 1.91 bits per heavy atom. The second-order valence-electron chi connectivity index (χ2n) is 4.87. The van der Waals surface area contributed by atoms with Gasteiger partial charge in [-0.05, 0) is 42.7 Å². The van der Waals surface area contributed by atoms with Crippen LogP contribution >= 0.6 is 0 Å². The van der Waals surface area contributed by atoms with E-state index < -0.39 is 0 Å². The highest BCUT2D eigenvalue weighted by atomic mass is 19.1. The minimum Gasteiger partial charge on any atom is -0.493 e. The fraction of sp³-hybridized carbons (Fsp3) is 0.222. The minimum atomic E-state index is -0.333. The van der Waals surface area contributed by atoms with Gasteiger partial charge in [-0.3, -0.25) is 0 Å². The van der Waals surface area contributed by atoms with Gasteiger partial charge < -0.3 is 4.74 Å². The van der Waals surface area contributed by atoms with E-state index in [1.165, 1.54) is 12.1 Å². The first kappa shape index (κ1) is 15.5.